The van der Waals surface area contributed by atoms with Crippen molar-refractivity contribution in [3.63, 3.8) is 0 Å². The molecule has 0 spiro atoms. The van der Waals surface area contributed by atoms with E-state index in [1.54, 1.807) is 11.3 Å². The van der Waals surface area contributed by atoms with Crippen LogP contribution >= 0.6 is 11.3 Å². The average molecular weight is 420 g/mol. The van der Waals surface area contributed by atoms with E-state index in [2.05, 4.69) is 25.5 Å². The maximum atomic E-state index is 12.8. The second-order valence-electron chi connectivity index (χ2n) is 7.60. The van der Waals surface area contributed by atoms with Gasteiger partial charge in [0.15, 0.2) is 0 Å². The summed E-state index contributed by atoms with van der Waals surface area (Å²) >= 11 is 1.57. The van der Waals surface area contributed by atoms with Gasteiger partial charge >= 0.3 is 0 Å². The molecule has 1 N–H and O–H groups in total. The van der Waals surface area contributed by atoms with Crippen molar-refractivity contribution in [2.75, 3.05) is 18.4 Å². The summed E-state index contributed by atoms with van der Waals surface area (Å²) in [6.45, 7) is 2.52. The number of benzene rings is 2. The number of hydrogen-bond acceptors (Lipinski definition) is 7. The van der Waals surface area contributed by atoms with E-state index in [1.165, 1.54) is 0 Å². The number of piperidine rings is 1. The highest BCUT2D eigenvalue weighted by Crippen LogP contribution is 2.24. The van der Waals surface area contributed by atoms with Gasteiger partial charge in [0.2, 0.25) is 5.91 Å². The molecule has 8 heteroatoms. The van der Waals surface area contributed by atoms with Crippen LogP contribution < -0.4 is 5.32 Å². The van der Waals surface area contributed by atoms with Gasteiger partial charge in [-0.25, -0.2) is 9.61 Å². The Morgan fingerprint density at radius 1 is 1.17 bits per heavy atom. The molecule has 0 saturated carbocycles. The van der Waals surface area contributed by atoms with Crippen molar-refractivity contribution in [1.82, 2.24) is 20.2 Å². The molecule has 7 nitrogen and oxygen atoms in total. The number of hydrogen-bond donors (Lipinski definition) is 1. The molecule has 1 unspecified atom stereocenters. The highest BCUT2D eigenvalue weighted by atomic mass is 32.1. The normalized spacial score (nSPS) is 17.3. The van der Waals surface area contributed by atoms with Gasteiger partial charge in [0.1, 0.15) is 11.0 Å². The Morgan fingerprint density at radius 3 is 2.87 bits per heavy atom. The fraction of sp³-hybridized carbons (Fsp3) is 0.273. The van der Waals surface area contributed by atoms with E-state index in [-0.39, 0.29) is 11.8 Å². The van der Waals surface area contributed by atoms with Crippen LogP contribution in [0.25, 0.3) is 22.3 Å². The van der Waals surface area contributed by atoms with Crippen LogP contribution in [0.1, 0.15) is 18.4 Å². The number of amides is 1. The van der Waals surface area contributed by atoms with Crippen LogP contribution in [0.2, 0.25) is 0 Å². The third kappa shape index (κ3) is 4.10. The minimum Gasteiger partial charge on any atom is -0.326 e. The Hall–Kier alpha value is -3.10. The van der Waals surface area contributed by atoms with E-state index in [9.17, 15) is 4.79 Å². The van der Waals surface area contributed by atoms with Crippen LogP contribution in [-0.2, 0) is 11.3 Å². The zero-order valence-electron chi connectivity index (χ0n) is 16.3. The van der Waals surface area contributed by atoms with E-state index >= 15 is 0 Å². The lowest BCUT2D eigenvalue weighted by molar-refractivity contribution is -0.121. The third-order valence-electron chi connectivity index (χ3n) is 5.48. The Balaban J connectivity index is 1.20. The highest BCUT2D eigenvalue weighted by molar-refractivity contribution is 7.07. The maximum absolute atomic E-state index is 12.8. The first-order valence-corrected chi connectivity index (χ1v) is 10.9. The summed E-state index contributed by atoms with van der Waals surface area (Å²) in [5, 5.41) is 12.8. The van der Waals surface area contributed by atoms with Crippen molar-refractivity contribution in [2.24, 2.45) is 5.92 Å². The summed E-state index contributed by atoms with van der Waals surface area (Å²) in [5.41, 5.74) is 7.32. The first-order chi connectivity index (χ1) is 14.7. The number of thiazole rings is 1. The maximum Gasteiger partial charge on any atom is 0.228 e. The van der Waals surface area contributed by atoms with Gasteiger partial charge in [-0.05, 0) is 59.5 Å². The molecule has 0 radical (unpaired) electrons. The van der Waals surface area contributed by atoms with Gasteiger partial charge in [-0.3, -0.25) is 9.69 Å². The summed E-state index contributed by atoms with van der Waals surface area (Å²) in [7, 11) is 0. The zero-order chi connectivity index (χ0) is 20.3. The van der Waals surface area contributed by atoms with E-state index < -0.39 is 0 Å². The van der Waals surface area contributed by atoms with Crippen molar-refractivity contribution >= 4 is 34.0 Å². The van der Waals surface area contributed by atoms with Gasteiger partial charge in [-0.15, -0.1) is 11.3 Å². The number of carbonyl (C=O) groups excluding carboxylic acids is 1. The van der Waals surface area contributed by atoms with Crippen LogP contribution in [0, 0.1) is 5.92 Å². The van der Waals surface area contributed by atoms with E-state index in [0.29, 0.717) is 0 Å². The minimum atomic E-state index is -0.0191. The molecule has 0 bridgehead atoms. The second kappa shape index (κ2) is 8.33. The van der Waals surface area contributed by atoms with Crippen LogP contribution in [0.4, 0.5) is 5.69 Å². The van der Waals surface area contributed by atoms with Crippen LogP contribution in [0.5, 0.6) is 0 Å². The van der Waals surface area contributed by atoms with E-state index in [1.807, 2.05) is 53.4 Å². The fourth-order valence-corrected chi connectivity index (χ4v) is 4.48. The smallest absolute Gasteiger partial charge is 0.228 e. The number of nitrogens with zero attached hydrogens (tertiary/aromatic N) is 4. The molecule has 1 saturated heterocycles. The summed E-state index contributed by atoms with van der Waals surface area (Å²) in [4.78, 5) is 19.5. The molecule has 5 rings (SSSR count). The molecule has 3 heterocycles. The van der Waals surface area contributed by atoms with Gasteiger partial charge in [-0.1, -0.05) is 18.2 Å². The number of nitrogens with one attached hydrogen (secondary N) is 1. The quantitative estimate of drug-likeness (QED) is 0.522. The first kappa shape index (κ1) is 18.9. The largest absolute Gasteiger partial charge is 0.326 e. The van der Waals surface area contributed by atoms with Crippen molar-refractivity contribution in [2.45, 2.75) is 19.4 Å². The van der Waals surface area contributed by atoms with Gasteiger partial charge in [-0.2, -0.15) is 0 Å². The van der Waals surface area contributed by atoms with Crippen molar-refractivity contribution in [3.8, 4) is 11.3 Å². The lowest BCUT2D eigenvalue weighted by atomic mass is 9.96. The average Bonchev–Trinajstić information content (AvgIpc) is 3.46. The Morgan fingerprint density at radius 2 is 2.03 bits per heavy atom. The summed E-state index contributed by atoms with van der Waals surface area (Å²) in [6.07, 6.45) is 1.92. The molecule has 30 heavy (non-hydrogen) atoms. The van der Waals surface area contributed by atoms with Crippen molar-refractivity contribution in [1.29, 1.82) is 0 Å². The molecule has 2 aromatic heterocycles. The number of anilines is 1. The first-order valence-electron chi connectivity index (χ1n) is 9.98. The Labute approximate surface area is 177 Å². The summed E-state index contributed by atoms with van der Waals surface area (Å²) in [6, 6.07) is 13.8. The SMILES string of the molecule is O=C(Nc1ccc(-c2cscn2)cc1)C1CCCN(Cc2ccc3nonc3c2)C1. The van der Waals surface area contributed by atoms with Crippen molar-refractivity contribution < 1.29 is 9.42 Å². The van der Waals surface area contributed by atoms with E-state index in [4.69, 9.17) is 4.63 Å². The van der Waals surface area contributed by atoms with Crippen LogP contribution in [-0.4, -0.2) is 39.2 Å². The minimum absolute atomic E-state index is 0.0191. The molecule has 1 fully saturated rings. The number of aromatic nitrogens is 3. The second-order valence-corrected chi connectivity index (χ2v) is 8.32. The molecular formula is C22H21N5O2S. The molecular weight excluding hydrogens is 398 g/mol. The molecule has 1 aliphatic rings. The van der Waals surface area contributed by atoms with Crippen LogP contribution in [0.3, 0.4) is 0 Å². The predicted octanol–water partition coefficient (Wildman–Crippen LogP) is 4.20. The molecule has 152 valence electrons. The molecule has 1 atom stereocenters. The highest BCUT2D eigenvalue weighted by Gasteiger charge is 2.26. The fourth-order valence-electron chi connectivity index (χ4n) is 3.92. The van der Waals surface area contributed by atoms with Gasteiger partial charge in [0, 0.05) is 29.7 Å². The zero-order valence-corrected chi connectivity index (χ0v) is 17.1. The molecule has 2 aromatic carbocycles. The Bertz CT molecular complexity index is 1140. The lowest BCUT2D eigenvalue weighted by Crippen LogP contribution is -2.40. The summed E-state index contributed by atoms with van der Waals surface area (Å²) < 4.78 is 4.77. The van der Waals surface area contributed by atoms with Gasteiger partial charge in [0.25, 0.3) is 0 Å². The van der Waals surface area contributed by atoms with E-state index in [0.717, 1.165) is 66.0 Å². The monoisotopic (exact) mass is 419 g/mol. The molecule has 4 aromatic rings. The Kier molecular flexibility index (Phi) is 5.25. The van der Waals surface area contributed by atoms with Crippen LogP contribution in [0.15, 0.2) is 58.0 Å². The predicted molar refractivity (Wildman–Crippen MR) is 116 cm³/mol. The number of carbonyl (C=O) groups is 1. The standard InChI is InChI=1S/C22H21N5O2S/c28-22(24-18-6-4-16(5-7-18)21-13-30-14-23-21)17-2-1-9-27(12-17)11-15-3-8-19-20(10-15)26-29-25-19/h3-8,10,13-14,17H,1-2,9,11-12H2,(H,24,28). The molecule has 0 aliphatic carbocycles. The number of fused-ring (bicyclic) bond motifs is 1. The van der Waals surface area contributed by atoms with Gasteiger partial charge < -0.3 is 5.32 Å². The molecule has 1 aliphatic heterocycles. The number of rotatable bonds is 5. The third-order valence-corrected chi connectivity index (χ3v) is 6.07. The van der Waals surface area contributed by atoms with Gasteiger partial charge in [0.05, 0.1) is 17.1 Å². The number of likely N-dealkylation sites (tertiary alicyclic amines) is 1. The lowest BCUT2D eigenvalue weighted by Gasteiger charge is -2.32. The molecule has 1 amide bonds. The topological polar surface area (TPSA) is 84.2 Å². The summed E-state index contributed by atoms with van der Waals surface area (Å²) in [5.74, 6) is 0.0617. The van der Waals surface area contributed by atoms with Crippen molar-refractivity contribution in [3.05, 3.63) is 58.9 Å².